The van der Waals surface area contributed by atoms with E-state index in [1.807, 2.05) is 4.90 Å². The molecule has 3 rings (SSSR count). The molecule has 1 aromatic heterocycles. The highest BCUT2D eigenvalue weighted by atomic mass is 32.2. The lowest BCUT2D eigenvalue weighted by atomic mass is 10.0. The minimum absolute atomic E-state index is 0.00234. The van der Waals surface area contributed by atoms with Crippen LogP contribution in [0.15, 0.2) is 4.90 Å². The summed E-state index contributed by atoms with van der Waals surface area (Å²) in [6.45, 7) is 8.65. The van der Waals surface area contributed by atoms with Gasteiger partial charge in [0.25, 0.3) is 0 Å². The van der Waals surface area contributed by atoms with E-state index in [-0.39, 0.29) is 17.3 Å². The average Bonchev–Trinajstić information content (AvgIpc) is 2.89. The molecular formula is C17H28N4O4S. The van der Waals surface area contributed by atoms with Crippen molar-refractivity contribution in [3.05, 3.63) is 11.4 Å². The third-order valence-corrected chi connectivity index (χ3v) is 7.33. The predicted octanol–water partition coefficient (Wildman–Crippen LogP) is 0.779. The quantitative estimate of drug-likeness (QED) is 0.766. The van der Waals surface area contributed by atoms with Crippen molar-refractivity contribution >= 4 is 15.9 Å². The van der Waals surface area contributed by atoms with E-state index in [1.165, 1.54) is 8.99 Å². The van der Waals surface area contributed by atoms with Gasteiger partial charge >= 0.3 is 0 Å². The first-order chi connectivity index (χ1) is 12.3. The molecule has 2 aliphatic heterocycles. The Morgan fingerprint density at radius 1 is 1.23 bits per heavy atom. The molecule has 3 heterocycles. The smallest absolute Gasteiger partial charge is 0.246 e. The number of nitrogens with zero attached hydrogens (tertiary/aromatic N) is 4. The standard InChI is InChI=1S/C17H28N4O4S/c1-13-5-4-6-19(11-13)16(22)12-21-15(3)17(14(2)18-21)26(23,24)20-7-9-25-10-8-20/h13H,4-12H2,1-3H3/t13-/m1/s1. The molecule has 0 bridgehead atoms. The maximum absolute atomic E-state index is 13.0. The van der Waals surface area contributed by atoms with Crippen LogP contribution >= 0.6 is 0 Å². The summed E-state index contributed by atoms with van der Waals surface area (Å²) in [4.78, 5) is 14.7. The molecule has 1 atom stereocenters. The van der Waals surface area contributed by atoms with Gasteiger partial charge in [-0.25, -0.2) is 8.42 Å². The lowest BCUT2D eigenvalue weighted by Crippen LogP contribution is -2.41. The molecule has 26 heavy (non-hydrogen) atoms. The minimum atomic E-state index is -3.63. The molecule has 0 radical (unpaired) electrons. The first-order valence-electron chi connectivity index (χ1n) is 9.20. The highest BCUT2D eigenvalue weighted by Crippen LogP contribution is 2.24. The van der Waals surface area contributed by atoms with Gasteiger partial charge in [-0.05, 0) is 32.6 Å². The van der Waals surface area contributed by atoms with Crippen LogP contribution in [-0.2, 0) is 26.1 Å². The number of rotatable bonds is 4. The van der Waals surface area contributed by atoms with Crippen LogP contribution < -0.4 is 0 Å². The Morgan fingerprint density at radius 3 is 2.58 bits per heavy atom. The predicted molar refractivity (Wildman–Crippen MR) is 96.3 cm³/mol. The van der Waals surface area contributed by atoms with Crippen LogP contribution in [0.3, 0.4) is 0 Å². The largest absolute Gasteiger partial charge is 0.379 e. The van der Waals surface area contributed by atoms with Crippen molar-refractivity contribution in [3.8, 4) is 0 Å². The van der Waals surface area contributed by atoms with Crippen molar-refractivity contribution < 1.29 is 17.9 Å². The second-order valence-corrected chi connectivity index (χ2v) is 9.14. The highest BCUT2D eigenvalue weighted by molar-refractivity contribution is 7.89. The molecule has 2 aliphatic rings. The summed E-state index contributed by atoms with van der Waals surface area (Å²) >= 11 is 0. The number of hydrogen-bond acceptors (Lipinski definition) is 5. The lowest BCUT2D eigenvalue weighted by molar-refractivity contribution is -0.133. The number of piperidine rings is 1. The van der Waals surface area contributed by atoms with E-state index in [9.17, 15) is 13.2 Å². The van der Waals surface area contributed by atoms with Crippen LogP contribution in [0.25, 0.3) is 0 Å². The van der Waals surface area contributed by atoms with Crippen LogP contribution in [0.4, 0.5) is 0 Å². The van der Waals surface area contributed by atoms with E-state index < -0.39 is 10.0 Å². The van der Waals surface area contributed by atoms with E-state index in [0.29, 0.717) is 43.6 Å². The summed E-state index contributed by atoms with van der Waals surface area (Å²) < 4.78 is 34.2. The summed E-state index contributed by atoms with van der Waals surface area (Å²) in [5, 5.41) is 4.36. The Bertz CT molecular complexity index is 768. The van der Waals surface area contributed by atoms with Crippen LogP contribution in [0.2, 0.25) is 0 Å². The molecule has 0 N–H and O–H groups in total. The number of carbonyl (C=O) groups is 1. The second-order valence-electron chi connectivity index (χ2n) is 7.26. The van der Waals surface area contributed by atoms with Crippen molar-refractivity contribution in [3.63, 3.8) is 0 Å². The van der Waals surface area contributed by atoms with Gasteiger partial charge in [0.15, 0.2) is 0 Å². The zero-order valence-electron chi connectivity index (χ0n) is 15.8. The zero-order valence-corrected chi connectivity index (χ0v) is 16.6. The van der Waals surface area contributed by atoms with Gasteiger partial charge in [0.2, 0.25) is 15.9 Å². The van der Waals surface area contributed by atoms with Gasteiger partial charge in [0.1, 0.15) is 11.4 Å². The van der Waals surface area contributed by atoms with Gasteiger partial charge in [-0.15, -0.1) is 0 Å². The molecule has 0 aliphatic carbocycles. The Hall–Kier alpha value is -1.45. The minimum Gasteiger partial charge on any atom is -0.379 e. The summed E-state index contributed by atoms with van der Waals surface area (Å²) in [5.41, 5.74) is 0.959. The van der Waals surface area contributed by atoms with E-state index >= 15 is 0 Å². The number of likely N-dealkylation sites (tertiary alicyclic amines) is 1. The maximum Gasteiger partial charge on any atom is 0.246 e. The van der Waals surface area contributed by atoms with Crippen LogP contribution in [0, 0.1) is 19.8 Å². The fourth-order valence-electron chi connectivity index (χ4n) is 3.77. The topological polar surface area (TPSA) is 84.7 Å². The Labute approximate surface area is 155 Å². The summed E-state index contributed by atoms with van der Waals surface area (Å²) in [6.07, 6.45) is 2.16. The molecule has 2 saturated heterocycles. The Balaban J connectivity index is 1.80. The number of hydrogen-bond donors (Lipinski definition) is 0. The van der Waals surface area contributed by atoms with Gasteiger partial charge in [0.05, 0.1) is 24.6 Å². The summed E-state index contributed by atoms with van der Waals surface area (Å²) in [6, 6.07) is 0. The number of morpholine rings is 1. The van der Waals surface area contributed by atoms with Gasteiger partial charge in [-0.3, -0.25) is 9.48 Å². The molecule has 1 amide bonds. The van der Waals surface area contributed by atoms with E-state index in [0.717, 1.165) is 25.9 Å². The highest BCUT2D eigenvalue weighted by Gasteiger charge is 2.32. The molecular weight excluding hydrogens is 356 g/mol. The third-order valence-electron chi connectivity index (χ3n) is 5.18. The van der Waals surface area contributed by atoms with Crippen molar-refractivity contribution in [1.29, 1.82) is 0 Å². The monoisotopic (exact) mass is 384 g/mol. The number of ether oxygens (including phenoxy) is 1. The fourth-order valence-corrected chi connectivity index (χ4v) is 5.55. The van der Waals surface area contributed by atoms with Crippen LogP contribution in [0.1, 0.15) is 31.2 Å². The van der Waals surface area contributed by atoms with E-state index in [4.69, 9.17) is 4.74 Å². The number of aromatic nitrogens is 2. The van der Waals surface area contributed by atoms with Gasteiger partial charge < -0.3 is 9.64 Å². The fraction of sp³-hybridized carbons (Fsp3) is 0.765. The molecule has 2 fully saturated rings. The summed E-state index contributed by atoms with van der Waals surface area (Å²) in [7, 11) is -3.63. The maximum atomic E-state index is 13.0. The lowest BCUT2D eigenvalue weighted by Gasteiger charge is -2.31. The van der Waals surface area contributed by atoms with Crippen molar-refractivity contribution in [2.45, 2.75) is 45.1 Å². The number of carbonyl (C=O) groups excluding carboxylic acids is 1. The van der Waals surface area contributed by atoms with Crippen LogP contribution in [0.5, 0.6) is 0 Å². The molecule has 146 valence electrons. The van der Waals surface area contributed by atoms with Gasteiger partial charge in [-0.2, -0.15) is 9.40 Å². The molecule has 1 aromatic rings. The first kappa shape index (κ1) is 19.3. The SMILES string of the molecule is Cc1nn(CC(=O)N2CCC[C@@H](C)C2)c(C)c1S(=O)(=O)N1CCOCC1. The normalized spacial score (nSPS) is 22.6. The molecule has 0 aromatic carbocycles. The second kappa shape index (κ2) is 7.66. The average molecular weight is 385 g/mol. The van der Waals surface area contributed by atoms with Crippen molar-refractivity contribution in [2.75, 3.05) is 39.4 Å². The van der Waals surface area contributed by atoms with Crippen molar-refractivity contribution in [2.24, 2.45) is 5.92 Å². The Kier molecular flexibility index (Phi) is 5.69. The molecule has 0 unspecified atom stereocenters. The van der Waals surface area contributed by atoms with E-state index in [2.05, 4.69) is 12.0 Å². The van der Waals surface area contributed by atoms with Crippen molar-refractivity contribution in [1.82, 2.24) is 19.0 Å². The van der Waals surface area contributed by atoms with Crippen LogP contribution in [-0.4, -0.2) is 72.7 Å². The van der Waals surface area contributed by atoms with Gasteiger partial charge in [0, 0.05) is 26.2 Å². The zero-order chi connectivity index (χ0) is 18.9. The number of amides is 1. The Morgan fingerprint density at radius 2 is 1.92 bits per heavy atom. The molecule has 9 heteroatoms. The number of aryl methyl sites for hydroxylation is 1. The molecule has 0 saturated carbocycles. The van der Waals surface area contributed by atoms with Gasteiger partial charge in [-0.1, -0.05) is 6.92 Å². The third kappa shape index (κ3) is 3.79. The summed E-state index contributed by atoms with van der Waals surface area (Å²) in [5.74, 6) is 0.503. The molecule has 8 nitrogen and oxygen atoms in total. The first-order valence-corrected chi connectivity index (χ1v) is 10.6. The number of sulfonamides is 1. The van der Waals surface area contributed by atoms with E-state index in [1.54, 1.807) is 13.8 Å². The molecule has 0 spiro atoms.